The monoisotopic (exact) mass is 286 g/mol. The Morgan fingerprint density at radius 3 is 1.40 bits per heavy atom. The van der Waals surface area contributed by atoms with Gasteiger partial charge in [0, 0.05) is 0 Å². The summed E-state index contributed by atoms with van der Waals surface area (Å²) in [7, 11) is 0. The highest BCUT2D eigenvalue weighted by Gasteiger charge is 2.08. The Balaban J connectivity index is 3.25. The maximum Gasteiger partial charge on any atom is 0.0541 e. The van der Waals surface area contributed by atoms with Gasteiger partial charge in [-0.3, -0.25) is 0 Å². The van der Waals surface area contributed by atoms with Crippen LogP contribution in [0.3, 0.4) is 0 Å². The molecule has 0 aliphatic carbocycles. The van der Waals surface area contributed by atoms with E-state index in [9.17, 15) is 10.2 Å². The van der Waals surface area contributed by atoms with E-state index in [2.05, 4.69) is 13.8 Å². The molecule has 0 aliphatic rings. The van der Waals surface area contributed by atoms with Crippen LogP contribution >= 0.6 is 0 Å². The van der Waals surface area contributed by atoms with Crippen LogP contribution in [0.2, 0.25) is 0 Å². The Bertz CT molecular complexity index is 182. The van der Waals surface area contributed by atoms with Gasteiger partial charge in [-0.05, 0) is 25.7 Å². The highest BCUT2D eigenvalue weighted by atomic mass is 16.3. The summed E-state index contributed by atoms with van der Waals surface area (Å²) in [4.78, 5) is 0. The average molecular weight is 287 g/mol. The number of unbranched alkanes of at least 4 members (excludes halogenated alkanes) is 8. The molecular weight excluding hydrogens is 248 g/mol. The zero-order valence-corrected chi connectivity index (χ0v) is 13.9. The van der Waals surface area contributed by atoms with Crippen molar-refractivity contribution in [3.05, 3.63) is 0 Å². The van der Waals surface area contributed by atoms with Crippen LogP contribution in [0.4, 0.5) is 0 Å². The van der Waals surface area contributed by atoms with Crippen molar-refractivity contribution in [1.29, 1.82) is 0 Å². The fraction of sp³-hybridized carbons (Fsp3) is 1.00. The first-order valence-corrected chi connectivity index (χ1v) is 9.06. The number of hydrogen-bond acceptors (Lipinski definition) is 2. The molecule has 0 aromatic carbocycles. The summed E-state index contributed by atoms with van der Waals surface area (Å²) in [6.45, 7) is 4.39. The van der Waals surface area contributed by atoms with E-state index >= 15 is 0 Å². The van der Waals surface area contributed by atoms with Crippen molar-refractivity contribution in [2.75, 3.05) is 0 Å². The zero-order valence-electron chi connectivity index (χ0n) is 13.9. The summed E-state index contributed by atoms with van der Waals surface area (Å²) in [6, 6.07) is 0. The molecule has 0 aliphatic heterocycles. The fourth-order valence-corrected chi connectivity index (χ4v) is 2.63. The lowest BCUT2D eigenvalue weighted by atomic mass is 10.0. The van der Waals surface area contributed by atoms with E-state index < -0.39 is 0 Å². The molecule has 2 heteroatoms. The minimum Gasteiger partial charge on any atom is -0.393 e. The van der Waals surface area contributed by atoms with Gasteiger partial charge in [-0.15, -0.1) is 0 Å². The molecule has 0 heterocycles. The number of aliphatic hydroxyl groups excluding tert-OH is 2. The van der Waals surface area contributed by atoms with Gasteiger partial charge < -0.3 is 10.2 Å². The predicted octanol–water partition coefficient (Wildman–Crippen LogP) is 5.21. The second-order valence-corrected chi connectivity index (χ2v) is 6.29. The predicted molar refractivity (Wildman–Crippen MR) is 88.0 cm³/mol. The van der Waals surface area contributed by atoms with Gasteiger partial charge in [-0.1, -0.05) is 78.1 Å². The second kappa shape index (κ2) is 15.3. The van der Waals surface area contributed by atoms with E-state index in [0.717, 1.165) is 44.9 Å². The molecule has 0 saturated heterocycles. The smallest absolute Gasteiger partial charge is 0.0541 e. The molecule has 0 saturated carbocycles. The molecule has 2 N–H and O–H groups in total. The number of aliphatic hydroxyl groups is 2. The van der Waals surface area contributed by atoms with Crippen LogP contribution in [-0.2, 0) is 0 Å². The first kappa shape index (κ1) is 19.9. The van der Waals surface area contributed by atoms with Crippen molar-refractivity contribution in [2.24, 2.45) is 0 Å². The van der Waals surface area contributed by atoms with E-state index in [4.69, 9.17) is 0 Å². The third kappa shape index (κ3) is 14.3. The molecule has 0 amide bonds. The highest BCUT2D eigenvalue weighted by molar-refractivity contribution is 4.62. The van der Waals surface area contributed by atoms with Crippen LogP contribution in [0.15, 0.2) is 0 Å². The summed E-state index contributed by atoms with van der Waals surface area (Å²) in [5, 5.41) is 19.6. The van der Waals surface area contributed by atoms with Crippen LogP contribution in [0.5, 0.6) is 0 Å². The van der Waals surface area contributed by atoms with Gasteiger partial charge in [0.05, 0.1) is 12.2 Å². The minimum atomic E-state index is -0.205. The van der Waals surface area contributed by atoms with E-state index in [1.54, 1.807) is 0 Å². The zero-order chi connectivity index (χ0) is 15.1. The second-order valence-electron chi connectivity index (χ2n) is 6.29. The standard InChI is InChI=1S/C18H38O2/c1-3-5-7-8-9-10-11-12-14-18(20)16-15-17(19)13-6-4-2/h17-20H,3-16H2,1-2H3/t17-,18-/m0/s1. The molecule has 0 aromatic heterocycles. The Hall–Kier alpha value is -0.0800. The molecule has 20 heavy (non-hydrogen) atoms. The molecular formula is C18H38O2. The van der Waals surface area contributed by atoms with Crippen molar-refractivity contribution in [1.82, 2.24) is 0 Å². The van der Waals surface area contributed by atoms with E-state index in [1.165, 1.54) is 44.9 Å². The van der Waals surface area contributed by atoms with Gasteiger partial charge >= 0.3 is 0 Å². The van der Waals surface area contributed by atoms with Crippen LogP contribution in [-0.4, -0.2) is 22.4 Å². The molecule has 122 valence electrons. The van der Waals surface area contributed by atoms with Crippen LogP contribution < -0.4 is 0 Å². The molecule has 0 spiro atoms. The lowest BCUT2D eigenvalue weighted by molar-refractivity contribution is 0.101. The third-order valence-corrected chi connectivity index (χ3v) is 4.11. The summed E-state index contributed by atoms with van der Waals surface area (Å²) in [5.41, 5.74) is 0. The minimum absolute atomic E-state index is 0.202. The molecule has 0 bridgehead atoms. The topological polar surface area (TPSA) is 40.5 Å². The van der Waals surface area contributed by atoms with Crippen molar-refractivity contribution in [2.45, 2.75) is 116 Å². The Morgan fingerprint density at radius 1 is 0.500 bits per heavy atom. The number of rotatable bonds is 15. The van der Waals surface area contributed by atoms with Gasteiger partial charge in [-0.25, -0.2) is 0 Å². The van der Waals surface area contributed by atoms with E-state index in [-0.39, 0.29) is 12.2 Å². The summed E-state index contributed by atoms with van der Waals surface area (Å²) >= 11 is 0. The van der Waals surface area contributed by atoms with Crippen molar-refractivity contribution in [3.8, 4) is 0 Å². The molecule has 0 radical (unpaired) electrons. The molecule has 2 atom stereocenters. The fourth-order valence-electron chi connectivity index (χ4n) is 2.63. The van der Waals surface area contributed by atoms with Gasteiger partial charge in [0.2, 0.25) is 0 Å². The maximum absolute atomic E-state index is 9.89. The quantitative estimate of drug-likeness (QED) is 0.406. The summed E-state index contributed by atoms with van der Waals surface area (Å²) in [5.74, 6) is 0. The van der Waals surface area contributed by atoms with Crippen LogP contribution in [0, 0.1) is 0 Å². The maximum atomic E-state index is 9.89. The van der Waals surface area contributed by atoms with Gasteiger partial charge in [0.15, 0.2) is 0 Å². The Labute approximate surface area is 127 Å². The lowest BCUT2D eigenvalue weighted by Gasteiger charge is -2.14. The van der Waals surface area contributed by atoms with Crippen molar-refractivity contribution < 1.29 is 10.2 Å². The van der Waals surface area contributed by atoms with Gasteiger partial charge in [0.25, 0.3) is 0 Å². The highest BCUT2D eigenvalue weighted by Crippen LogP contribution is 2.14. The first-order chi connectivity index (χ1) is 9.70. The molecule has 2 nitrogen and oxygen atoms in total. The van der Waals surface area contributed by atoms with Gasteiger partial charge in [0.1, 0.15) is 0 Å². The van der Waals surface area contributed by atoms with E-state index in [1.807, 2.05) is 0 Å². The molecule has 0 fully saturated rings. The largest absolute Gasteiger partial charge is 0.393 e. The van der Waals surface area contributed by atoms with Gasteiger partial charge in [-0.2, -0.15) is 0 Å². The SMILES string of the molecule is CCCCCCCCCC[C@H](O)CC[C@@H](O)CCCC. The normalized spacial score (nSPS) is 14.4. The van der Waals surface area contributed by atoms with Crippen LogP contribution in [0.1, 0.15) is 104 Å². The lowest BCUT2D eigenvalue weighted by Crippen LogP contribution is -2.13. The molecule has 0 aromatic rings. The Morgan fingerprint density at radius 2 is 0.900 bits per heavy atom. The number of hydrogen-bond donors (Lipinski definition) is 2. The van der Waals surface area contributed by atoms with Crippen molar-refractivity contribution >= 4 is 0 Å². The molecule has 0 rings (SSSR count). The Kier molecular flexibility index (Phi) is 15.3. The summed E-state index contributed by atoms with van der Waals surface area (Å²) in [6.07, 6.45) is 15.7. The molecule has 0 unspecified atom stereocenters. The average Bonchev–Trinajstić information content (AvgIpc) is 2.45. The third-order valence-electron chi connectivity index (χ3n) is 4.11. The van der Waals surface area contributed by atoms with E-state index in [0.29, 0.717) is 0 Å². The van der Waals surface area contributed by atoms with Crippen LogP contribution in [0.25, 0.3) is 0 Å². The van der Waals surface area contributed by atoms with Crippen molar-refractivity contribution in [3.63, 3.8) is 0 Å². The first-order valence-electron chi connectivity index (χ1n) is 9.06. The summed E-state index contributed by atoms with van der Waals surface area (Å²) < 4.78 is 0.